The Balaban J connectivity index is 1.97. The number of aliphatic hydroxyl groups excluding tert-OH is 1. The lowest BCUT2D eigenvalue weighted by molar-refractivity contribution is -0.105. The molecule has 2 atom stereocenters. The van der Waals surface area contributed by atoms with E-state index in [1.54, 1.807) is 19.2 Å². The molecule has 0 heterocycles. The number of rotatable bonds is 9. The van der Waals surface area contributed by atoms with Crippen LogP contribution in [0.15, 0.2) is 42.5 Å². The maximum atomic E-state index is 10.6. The Kier molecular flexibility index (Phi) is 7.00. The van der Waals surface area contributed by atoms with E-state index in [1.807, 2.05) is 31.3 Å². The van der Waals surface area contributed by atoms with Crippen LogP contribution >= 0.6 is 0 Å². The second-order valence-corrected chi connectivity index (χ2v) is 6.40. The van der Waals surface area contributed by atoms with Gasteiger partial charge < -0.3 is 25.2 Å². The van der Waals surface area contributed by atoms with E-state index in [0.717, 1.165) is 12.2 Å². The fourth-order valence-electron chi connectivity index (χ4n) is 2.76. The molecule has 0 spiro atoms. The van der Waals surface area contributed by atoms with Gasteiger partial charge in [-0.25, -0.2) is 0 Å². The van der Waals surface area contributed by atoms with E-state index in [9.17, 15) is 15.0 Å². The summed E-state index contributed by atoms with van der Waals surface area (Å²) in [6.45, 7) is 2.54. The Morgan fingerprint density at radius 3 is 2.54 bits per heavy atom. The highest BCUT2D eigenvalue weighted by Gasteiger charge is 2.17. The molecule has 2 aromatic rings. The number of anilines is 1. The number of ether oxygens (including phenoxy) is 1. The molecule has 0 bridgehead atoms. The lowest BCUT2D eigenvalue weighted by Crippen LogP contribution is -2.34. The van der Waals surface area contributed by atoms with Crippen molar-refractivity contribution in [3.05, 3.63) is 53.6 Å². The molecule has 6 nitrogen and oxygen atoms in total. The van der Waals surface area contributed by atoms with Crippen LogP contribution in [-0.4, -0.2) is 48.3 Å². The Labute approximate surface area is 154 Å². The fraction of sp³-hybridized carbons (Fsp3) is 0.350. The highest BCUT2D eigenvalue weighted by atomic mass is 16.5. The van der Waals surface area contributed by atoms with E-state index >= 15 is 0 Å². The Bertz CT molecular complexity index is 718. The van der Waals surface area contributed by atoms with Crippen LogP contribution in [-0.2, 0) is 11.2 Å². The number of hydrogen-bond acceptors (Lipinski definition) is 5. The molecule has 0 unspecified atom stereocenters. The number of likely N-dealkylation sites (N-methyl/N-ethyl adjacent to an activating group) is 1. The number of aromatic hydroxyl groups is 1. The van der Waals surface area contributed by atoms with E-state index in [0.29, 0.717) is 18.5 Å². The summed E-state index contributed by atoms with van der Waals surface area (Å²) in [5, 5.41) is 22.6. The van der Waals surface area contributed by atoms with Gasteiger partial charge in [0, 0.05) is 12.6 Å². The van der Waals surface area contributed by atoms with Crippen molar-refractivity contribution in [3.63, 3.8) is 0 Å². The molecular weight excluding hydrogens is 332 g/mol. The van der Waals surface area contributed by atoms with E-state index < -0.39 is 6.10 Å². The molecule has 0 fully saturated rings. The van der Waals surface area contributed by atoms with Crippen LogP contribution in [0.5, 0.6) is 11.5 Å². The van der Waals surface area contributed by atoms with Gasteiger partial charge in [0.15, 0.2) is 0 Å². The number of carbonyl (C=O) groups is 1. The van der Waals surface area contributed by atoms with Crippen molar-refractivity contribution >= 4 is 12.1 Å². The zero-order valence-corrected chi connectivity index (χ0v) is 15.3. The first kappa shape index (κ1) is 19.8. The molecule has 0 aliphatic carbocycles. The summed E-state index contributed by atoms with van der Waals surface area (Å²) in [6, 6.07) is 12.9. The van der Waals surface area contributed by atoms with Gasteiger partial charge >= 0.3 is 0 Å². The van der Waals surface area contributed by atoms with E-state index in [4.69, 9.17) is 4.74 Å². The lowest BCUT2D eigenvalue weighted by Gasteiger charge is -2.27. The van der Waals surface area contributed by atoms with Crippen LogP contribution in [0.3, 0.4) is 0 Å². The molecule has 2 aromatic carbocycles. The number of nitrogens with one attached hydrogen (secondary N) is 1. The number of carbonyl (C=O) groups excluding carboxylic acids is 1. The zero-order chi connectivity index (χ0) is 19.1. The maximum absolute atomic E-state index is 10.6. The van der Waals surface area contributed by atoms with Crippen molar-refractivity contribution < 1.29 is 19.7 Å². The van der Waals surface area contributed by atoms with Crippen LogP contribution < -0.4 is 10.1 Å². The van der Waals surface area contributed by atoms with Crippen molar-refractivity contribution in [2.24, 2.45) is 0 Å². The van der Waals surface area contributed by atoms with Crippen LogP contribution in [0.4, 0.5) is 5.69 Å². The number of amides is 1. The second kappa shape index (κ2) is 9.22. The van der Waals surface area contributed by atoms with Crippen molar-refractivity contribution in [2.45, 2.75) is 25.5 Å². The molecule has 0 aliphatic rings. The predicted molar refractivity (Wildman–Crippen MR) is 102 cm³/mol. The minimum Gasteiger partial charge on any atom is -0.506 e. The summed E-state index contributed by atoms with van der Waals surface area (Å²) >= 11 is 0. The normalized spacial score (nSPS) is 13.3. The molecule has 6 heteroatoms. The number of nitrogens with zero attached hydrogens (tertiary/aromatic N) is 1. The monoisotopic (exact) mass is 358 g/mol. The third kappa shape index (κ3) is 5.21. The zero-order valence-electron chi connectivity index (χ0n) is 15.3. The molecule has 0 saturated heterocycles. The minimum absolute atomic E-state index is 0.0331. The van der Waals surface area contributed by atoms with Crippen LogP contribution in [0.25, 0.3) is 0 Å². The van der Waals surface area contributed by atoms with Crippen LogP contribution in [0, 0.1) is 0 Å². The summed E-state index contributed by atoms with van der Waals surface area (Å²) in [5.41, 5.74) is 2.11. The summed E-state index contributed by atoms with van der Waals surface area (Å²) in [7, 11) is 3.61. The number of phenols is 1. The molecule has 0 aromatic heterocycles. The standard InChI is InChI=1S/C20H26N2O4/c1-14(10-15-4-7-17(26-3)8-5-15)22(2)12-20(25)16-6-9-19(24)18(11-16)21-13-23/h4-9,11,13-14,20,24-25H,10,12H2,1-3H3,(H,21,23)/t14-,20+/m1/s1. The largest absolute Gasteiger partial charge is 0.506 e. The van der Waals surface area contributed by atoms with Gasteiger partial charge in [0.2, 0.25) is 6.41 Å². The molecule has 2 rings (SSSR count). The van der Waals surface area contributed by atoms with Crippen molar-refractivity contribution in [1.82, 2.24) is 4.90 Å². The minimum atomic E-state index is -0.730. The Morgan fingerprint density at radius 1 is 1.23 bits per heavy atom. The third-order valence-electron chi connectivity index (χ3n) is 4.52. The van der Waals surface area contributed by atoms with E-state index in [-0.39, 0.29) is 17.5 Å². The summed E-state index contributed by atoms with van der Waals surface area (Å²) in [4.78, 5) is 12.7. The topological polar surface area (TPSA) is 82.0 Å². The van der Waals surface area contributed by atoms with Crippen molar-refractivity contribution in [2.75, 3.05) is 26.0 Å². The molecule has 26 heavy (non-hydrogen) atoms. The first-order valence-electron chi connectivity index (χ1n) is 8.49. The first-order chi connectivity index (χ1) is 12.4. The molecule has 3 N–H and O–H groups in total. The third-order valence-corrected chi connectivity index (χ3v) is 4.52. The SMILES string of the molecule is COc1ccc(C[C@@H](C)N(C)C[C@H](O)c2ccc(O)c(NC=O)c2)cc1. The van der Waals surface area contributed by atoms with Gasteiger partial charge in [-0.15, -0.1) is 0 Å². The fourth-order valence-corrected chi connectivity index (χ4v) is 2.76. The van der Waals surface area contributed by atoms with Crippen LogP contribution in [0.2, 0.25) is 0 Å². The first-order valence-corrected chi connectivity index (χ1v) is 8.49. The van der Waals surface area contributed by atoms with Crippen molar-refractivity contribution in [1.29, 1.82) is 0 Å². The lowest BCUT2D eigenvalue weighted by atomic mass is 10.0. The quantitative estimate of drug-likeness (QED) is 0.474. The maximum Gasteiger partial charge on any atom is 0.211 e. The van der Waals surface area contributed by atoms with Gasteiger partial charge in [0.25, 0.3) is 0 Å². The number of hydrogen-bond donors (Lipinski definition) is 3. The molecule has 0 radical (unpaired) electrons. The van der Waals surface area contributed by atoms with E-state index in [1.165, 1.54) is 11.6 Å². The molecule has 140 valence electrons. The van der Waals surface area contributed by atoms with Gasteiger partial charge in [-0.3, -0.25) is 4.79 Å². The predicted octanol–water partition coefficient (Wildman–Crippen LogP) is 2.57. The highest BCUT2D eigenvalue weighted by Crippen LogP contribution is 2.27. The summed E-state index contributed by atoms with van der Waals surface area (Å²) in [5.74, 6) is 0.798. The van der Waals surface area contributed by atoms with E-state index in [2.05, 4.69) is 17.1 Å². The number of methoxy groups -OCH3 is 1. The Morgan fingerprint density at radius 2 is 1.92 bits per heavy atom. The van der Waals surface area contributed by atoms with Gasteiger partial charge in [0.05, 0.1) is 18.9 Å². The molecule has 0 aliphatic heterocycles. The average molecular weight is 358 g/mol. The Hall–Kier alpha value is -2.57. The molecule has 1 amide bonds. The molecule has 0 saturated carbocycles. The van der Waals surface area contributed by atoms with Gasteiger partial charge in [0.1, 0.15) is 11.5 Å². The average Bonchev–Trinajstić information content (AvgIpc) is 2.64. The van der Waals surface area contributed by atoms with Crippen molar-refractivity contribution in [3.8, 4) is 11.5 Å². The number of phenolic OH excluding ortho intramolecular Hbond substituents is 1. The van der Waals surface area contributed by atoms with Gasteiger partial charge in [-0.05, 0) is 55.8 Å². The molecular formula is C20H26N2O4. The smallest absolute Gasteiger partial charge is 0.211 e. The number of aliphatic hydroxyl groups is 1. The van der Waals surface area contributed by atoms with Gasteiger partial charge in [-0.2, -0.15) is 0 Å². The number of benzene rings is 2. The summed E-state index contributed by atoms with van der Waals surface area (Å²) < 4.78 is 5.17. The summed E-state index contributed by atoms with van der Waals surface area (Å²) in [6.07, 6.45) is 0.612. The highest BCUT2D eigenvalue weighted by molar-refractivity contribution is 5.75. The van der Waals surface area contributed by atoms with Crippen LogP contribution in [0.1, 0.15) is 24.2 Å². The van der Waals surface area contributed by atoms with Gasteiger partial charge in [-0.1, -0.05) is 18.2 Å². The second-order valence-electron chi connectivity index (χ2n) is 6.40.